The highest BCUT2D eigenvalue weighted by Crippen LogP contribution is 2.20. The second-order valence-electron chi connectivity index (χ2n) is 3.58. The monoisotopic (exact) mass is 333 g/mol. The lowest BCUT2D eigenvalue weighted by atomic mass is 10.2. The number of nitrogens with one attached hydrogen (secondary N) is 1. The van der Waals surface area contributed by atoms with E-state index in [1.165, 1.54) is 10.9 Å². The molecule has 1 aromatic carbocycles. The van der Waals surface area contributed by atoms with Gasteiger partial charge in [-0.3, -0.25) is 0 Å². The van der Waals surface area contributed by atoms with Crippen LogP contribution in [0.2, 0.25) is 5.02 Å². The molecule has 0 bridgehead atoms. The Labute approximate surface area is 117 Å². The normalized spacial score (nSPS) is 10.8. The van der Waals surface area contributed by atoms with Crippen molar-refractivity contribution in [3.05, 3.63) is 55.4 Å². The van der Waals surface area contributed by atoms with Crippen LogP contribution in [0.5, 0.6) is 0 Å². The molecule has 1 heterocycles. The minimum Gasteiger partial charge on any atom is -0.308 e. The molecule has 5 heteroatoms. The lowest BCUT2D eigenvalue weighted by Crippen LogP contribution is -2.11. The lowest BCUT2D eigenvalue weighted by molar-refractivity contribution is 0.621. The van der Waals surface area contributed by atoms with E-state index in [-0.39, 0.29) is 10.8 Å². The molecule has 2 rings (SSSR count). The van der Waals surface area contributed by atoms with Gasteiger partial charge in [0.25, 0.3) is 0 Å². The van der Waals surface area contributed by atoms with Crippen LogP contribution < -0.4 is 5.32 Å². The van der Waals surface area contributed by atoms with Crippen molar-refractivity contribution in [2.45, 2.75) is 13.1 Å². The molecule has 1 aromatic heterocycles. The van der Waals surface area contributed by atoms with Gasteiger partial charge in [0.15, 0.2) is 0 Å². The quantitative estimate of drug-likeness (QED) is 0.862. The van der Waals surface area contributed by atoms with E-state index in [9.17, 15) is 4.39 Å². The zero-order valence-corrected chi connectivity index (χ0v) is 12.0. The van der Waals surface area contributed by atoms with Crippen molar-refractivity contribution in [2.75, 3.05) is 0 Å². The largest absolute Gasteiger partial charge is 0.308 e. The summed E-state index contributed by atoms with van der Waals surface area (Å²) >= 11 is 10.7. The number of hydrogen-bond donors (Lipinski definition) is 1. The maximum Gasteiger partial charge on any atom is 0.142 e. The van der Waals surface area contributed by atoms with Crippen molar-refractivity contribution in [1.82, 2.24) is 5.32 Å². The Balaban J connectivity index is 1.87. The Bertz CT molecular complexity index is 515. The number of rotatable bonds is 4. The minimum absolute atomic E-state index is 0.163. The summed E-state index contributed by atoms with van der Waals surface area (Å²) in [5, 5.41) is 5.46. The van der Waals surface area contributed by atoms with Crippen molar-refractivity contribution >= 4 is 38.9 Å². The van der Waals surface area contributed by atoms with Crippen molar-refractivity contribution in [3.63, 3.8) is 0 Å². The Hall–Kier alpha value is -0.420. The second kappa shape index (κ2) is 5.96. The average Bonchev–Trinajstić information content (AvgIpc) is 2.70. The van der Waals surface area contributed by atoms with E-state index in [1.54, 1.807) is 17.4 Å². The van der Waals surface area contributed by atoms with Gasteiger partial charge >= 0.3 is 0 Å². The highest BCUT2D eigenvalue weighted by molar-refractivity contribution is 9.10. The fraction of sp³-hybridized carbons (Fsp3) is 0.167. The van der Waals surface area contributed by atoms with Gasteiger partial charge in [-0.15, -0.1) is 11.3 Å². The Morgan fingerprint density at radius 1 is 1.29 bits per heavy atom. The second-order valence-corrected chi connectivity index (χ2v) is 5.90. The summed E-state index contributed by atoms with van der Waals surface area (Å²) in [6, 6.07) is 6.93. The zero-order chi connectivity index (χ0) is 12.3. The first-order chi connectivity index (χ1) is 8.15. The fourth-order valence-electron chi connectivity index (χ4n) is 1.43. The molecule has 1 N–H and O–H groups in total. The van der Waals surface area contributed by atoms with Crippen LogP contribution in [0.3, 0.4) is 0 Å². The molecule has 0 saturated heterocycles. The Morgan fingerprint density at radius 3 is 2.76 bits per heavy atom. The predicted octanol–water partition coefficient (Wildman–Crippen LogP) is 4.59. The van der Waals surface area contributed by atoms with Gasteiger partial charge in [-0.05, 0) is 39.7 Å². The molecule has 90 valence electrons. The molecule has 0 fully saturated rings. The first-order valence-corrected chi connectivity index (χ1v) is 7.08. The Kier molecular flexibility index (Phi) is 4.56. The van der Waals surface area contributed by atoms with Gasteiger partial charge in [0.2, 0.25) is 0 Å². The summed E-state index contributed by atoms with van der Waals surface area (Å²) in [6.45, 7) is 1.41. The summed E-state index contributed by atoms with van der Waals surface area (Å²) in [5.41, 5.74) is 0.891. The van der Waals surface area contributed by atoms with Crippen molar-refractivity contribution in [3.8, 4) is 0 Å². The Morgan fingerprint density at radius 2 is 2.12 bits per heavy atom. The van der Waals surface area contributed by atoms with Gasteiger partial charge in [0.1, 0.15) is 5.82 Å². The van der Waals surface area contributed by atoms with E-state index in [2.05, 4.69) is 27.3 Å². The zero-order valence-electron chi connectivity index (χ0n) is 8.84. The van der Waals surface area contributed by atoms with Crippen LogP contribution in [0.1, 0.15) is 10.4 Å². The lowest BCUT2D eigenvalue weighted by Gasteiger charge is -2.04. The molecule has 0 unspecified atom stereocenters. The van der Waals surface area contributed by atoms with Crippen LogP contribution in [0, 0.1) is 5.82 Å². The summed E-state index contributed by atoms with van der Waals surface area (Å²) in [4.78, 5) is 1.24. The van der Waals surface area contributed by atoms with Gasteiger partial charge in [-0.2, -0.15) is 0 Å². The molecule has 0 spiro atoms. The maximum absolute atomic E-state index is 13.2. The topological polar surface area (TPSA) is 12.0 Å². The van der Waals surface area contributed by atoms with Crippen molar-refractivity contribution < 1.29 is 4.39 Å². The summed E-state index contributed by atoms with van der Waals surface area (Å²) in [5.74, 6) is -0.371. The first-order valence-electron chi connectivity index (χ1n) is 5.03. The maximum atomic E-state index is 13.2. The van der Waals surface area contributed by atoms with Gasteiger partial charge in [0, 0.05) is 27.8 Å². The molecule has 1 nitrogen and oxygen atoms in total. The highest BCUT2D eigenvalue weighted by atomic mass is 79.9. The van der Waals surface area contributed by atoms with Crippen LogP contribution in [0.25, 0.3) is 0 Å². The number of thiophene rings is 1. The predicted molar refractivity (Wildman–Crippen MR) is 74.0 cm³/mol. The molecule has 0 radical (unpaired) electrons. The van der Waals surface area contributed by atoms with Crippen LogP contribution >= 0.6 is 38.9 Å². The summed E-state index contributed by atoms with van der Waals surface area (Å²) in [6.07, 6.45) is 0. The smallest absolute Gasteiger partial charge is 0.142 e. The number of benzene rings is 1. The van der Waals surface area contributed by atoms with Gasteiger partial charge in [-0.25, -0.2) is 4.39 Å². The van der Waals surface area contributed by atoms with E-state index in [0.717, 1.165) is 16.6 Å². The molecule has 0 aliphatic heterocycles. The molecular weight excluding hydrogens is 325 g/mol. The molecule has 0 aliphatic rings. The fourth-order valence-corrected chi connectivity index (χ4v) is 2.96. The molecule has 0 atom stereocenters. The minimum atomic E-state index is -0.371. The molecule has 2 aromatic rings. The standard InChI is InChI=1S/C12H10BrClFNS/c13-9-4-10(17-7-9)6-16-5-8-1-2-11(14)12(15)3-8/h1-4,7,16H,5-6H2. The molecule has 0 saturated carbocycles. The molecule has 0 aliphatic carbocycles. The first kappa shape index (κ1) is 13.0. The number of halogens is 3. The van der Waals surface area contributed by atoms with E-state index < -0.39 is 0 Å². The summed E-state index contributed by atoms with van der Waals surface area (Å²) < 4.78 is 14.3. The SMILES string of the molecule is Fc1cc(CNCc2cc(Br)cs2)ccc1Cl. The van der Waals surface area contributed by atoms with Crippen LogP contribution in [0.4, 0.5) is 4.39 Å². The molecule has 17 heavy (non-hydrogen) atoms. The van der Waals surface area contributed by atoms with E-state index in [0.29, 0.717) is 6.54 Å². The highest BCUT2D eigenvalue weighted by Gasteiger charge is 2.01. The molecule has 0 amide bonds. The van der Waals surface area contributed by atoms with Crippen LogP contribution in [0.15, 0.2) is 34.1 Å². The van der Waals surface area contributed by atoms with E-state index in [1.807, 2.05) is 11.4 Å². The average molecular weight is 335 g/mol. The van der Waals surface area contributed by atoms with Gasteiger partial charge in [-0.1, -0.05) is 17.7 Å². The van der Waals surface area contributed by atoms with Crippen molar-refractivity contribution in [2.24, 2.45) is 0 Å². The van der Waals surface area contributed by atoms with Crippen LogP contribution in [-0.4, -0.2) is 0 Å². The number of hydrogen-bond acceptors (Lipinski definition) is 2. The third-order valence-electron chi connectivity index (χ3n) is 2.23. The van der Waals surface area contributed by atoms with E-state index in [4.69, 9.17) is 11.6 Å². The van der Waals surface area contributed by atoms with Crippen LogP contribution in [-0.2, 0) is 13.1 Å². The van der Waals surface area contributed by atoms with E-state index >= 15 is 0 Å². The molecular formula is C12H10BrClFNS. The van der Waals surface area contributed by atoms with Gasteiger partial charge < -0.3 is 5.32 Å². The summed E-state index contributed by atoms with van der Waals surface area (Å²) in [7, 11) is 0. The third-order valence-corrected chi connectivity index (χ3v) is 4.24. The third kappa shape index (κ3) is 3.78. The van der Waals surface area contributed by atoms with Gasteiger partial charge in [0.05, 0.1) is 5.02 Å². The van der Waals surface area contributed by atoms with Crippen molar-refractivity contribution in [1.29, 1.82) is 0 Å².